The lowest BCUT2D eigenvalue weighted by atomic mass is 10.0. The van der Waals surface area contributed by atoms with Gasteiger partial charge in [0.1, 0.15) is 5.01 Å². The van der Waals surface area contributed by atoms with Crippen molar-refractivity contribution >= 4 is 27.9 Å². The number of aromatic nitrogens is 4. The first-order valence-electron chi connectivity index (χ1n) is 8.55. The predicted octanol–water partition coefficient (Wildman–Crippen LogP) is 4.00. The van der Waals surface area contributed by atoms with Gasteiger partial charge in [0.25, 0.3) is 0 Å². The van der Waals surface area contributed by atoms with Crippen LogP contribution in [0.2, 0.25) is 0 Å². The van der Waals surface area contributed by atoms with E-state index in [1.54, 1.807) is 4.52 Å². The number of carbonyl (C=O) groups is 1. The van der Waals surface area contributed by atoms with Crippen molar-refractivity contribution in [1.29, 1.82) is 0 Å². The molecule has 132 valence electrons. The normalized spacial score (nSPS) is 11.6. The smallest absolute Gasteiger partial charge is 0.234 e. The fourth-order valence-electron chi connectivity index (χ4n) is 2.53. The van der Waals surface area contributed by atoms with Gasteiger partial charge in [0, 0.05) is 24.4 Å². The maximum atomic E-state index is 12.2. The largest absolute Gasteiger partial charge is 0.326 e. The molecule has 3 aromatic rings. The molecular weight excluding hydrogens is 334 g/mol. The van der Waals surface area contributed by atoms with Crippen LogP contribution in [0.4, 0.5) is 5.69 Å². The summed E-state index contributed by atoms with van der Waals surface area (Å²) in [5, 5.41) is 16.7. The molecule has 2 heterocycles. The van der Waals surface area contributed by atoms with Crippen LogP contribution >= 0.6 is 11.3 Å². The molecule has 0 saturated heterocycles. The van der Waals surface area contributed by atoms with Crippen LogP contribution in [0.25, 0.3) is 4.96 Å². The second kappa shape index (κ2) is 7.31. The molecule has 1 N–H and O–H groups in total. The maximum absolute atomic E-state index is 12.2. The van der Waals surface area contributed by atoms with Gasteiger partial charge in [-0.2, -0.15) is 9.61 Å². The molecule has 0 aliphatic rings. The molecule has 0 radical (unpaired) electrons. The highest BCUT2D eigenvalue weighted by Crippen LogP contribution is 2.20. The molecule has 3 rings (SSSR count). The molecule has 2 aromatic heterocycles. The van der Waals surface area contributed by atoms with Gasteiger partial charge in [0.2, 0.25) is 10.9 Å². The predicted molar refractivity (Wildman–Crippen MR) is 100 cm³/mol. The molecule has 25 heavy (non-hydrogen) atoms. The average Bonchev–Trinajstić information content (AvgIpc) is 3.13. The molecule has 1 amide bonds. The summed E-state index contributed by atoms with van der Waals surface area (Å²) in [4.78, 5) is 12.9. The molecule has 0 aliphatic carbocycles. The first-order valence-corrected chi connectivity index (χ1v) is 9.36. The summed E-state index contributed by atoms with van der Waals surface area (Å²) in [7, 11) is 0. The molecule has 0 aliphatic heterocycles. The highest BCUT2D eigenvalue weighted by atomic mass is 32.1. The Hall–Kier alpha value is -2.28. The number of carbonyl (C=O) groups excluding carboxylic acids is 1. The standard InChI is InChI=1S/C18H23N5OS/c1-11(2)13-5-7-14(8-6-13)19-15(24)9-10-16-22-23-17(12(3)4)20-21-18(23)25-16/h5-8,11-12H,9-10H2,1-4H3,(H,19,24). The van der Waals surface area contributed by atoms with Crippen LogP contribution in [0.5, 0.6) is 0 Å². The van der Waals surface area contributed by atoms with Gasteiger partial charge in [-0.1, -0.05) is 51.2 Å². The number of nitrogens with one attached hydrogen (secondary N) is 1. The van der Waals surface area contributed by atoms with Crippen molar-refractivity contribution in [2.24, 2.45) is 0 Å². The van der Waals surface area contributed by atoms with E-state index in [-0.39, 0.29) is 11.8 Å². The third-order valence-corrected chi connectivity index (χ3v) is 4.96. The molecule has 0 saturated carbocycles. The summed E-state index contributed by atoms with van der Waals surface area (Å²) in [5.74, 6) is 1.60. The SMILES string of the molecule is CC(C)c1ccc(NC(=O)CCc2nn3c(C(C)C)nnc3s2)cc1. The fourth-order valence-corrected chi connectivity index (χ4v) is 3.37. The van der Waals surface area contributed by atoms with Gasteiger partial charge in [-0.25, -0.2) is 0 Å². The van der Waals surface area contributed by atoms with E-state index in [1.807, 2.05) is 12.1 Å². The lowest BCUT2D eigenvalue weighted by Gasteiger charge is -2.08. The van der Waals surface area contributed by atoms with Crippen LogP contribution < -0.4 is 5.32 Å². The van der Waals surface area contributed by atoms with Crippen molar-refractivity contribution in [3.05, 3.63) is 40.7 Å². The molecule has 0 unspecified atom stereocenters. The number of anilines is 1. The minimum absolute atomic E-state index is 0.00709. The summed E-state index contributed by atoms with van der Waals surface area (Å²) in [6, 6.07) is 8.00. The number of benzene rings is 1. The Balaban J connectivity index is 1.58. The van der Waals surface area contributed by atoms with Crippen molar-refractivity contribution < 1.29 is 4.79 Å². The van der Waals surface area contributed by atoms with Gasteiger partial charge >= 0.3 is 0 Å². The van der Waals surface area contributed by atoms with E-state index in [0.29, 0.717) is 18.8 Å². The molecule has 0 bridgehead atoms. The van der Waals surface area contributed by atoms with Gasteiger partial charge in [0.05, 0.1) is 0 Å². The third kappa shape index (κ3) is 4.04. The monoisotopic (exact) mass is 357 g/mol. The number of hydrogen-bond donors (Lipinski definition) is 1. The summed E-state index contributed by atoms with van der Waals surface area (Å²) in [6.45, 7) is 8.43. The Labute approximate surface area is 151 Å². The zero-order chi connectivity index (χ0) is 18.0. The molecule has 0 spiro atoms. The van der Waals surface area contributed by atoms with E-state index in [1.165, 1.54) is 16.9 Å². The number of aryl methyl sites for hydroxylation is 1. The second-order valence-electron chi connectivity index (χ2n) is 6.73. The molecule has 7 heteroatoms. The fraction of sp³-hybridized carbons (Fsp3) is 0.444. The van der Waals surface area contributed by atoms with Crippen molar-refractivity contribution in [1.82, 2.24) is 19.8 Å². The molecule has 0 atom stereocenters. The van der Waals surface area contributed by atoms with Gasteiger partial charge < -0.3 is 5.32 Å². The van der Waals surface area contributed by atoms with Crippen LogP contribution in [-0.2, 0) is 11.2 Å². The molecular formula is C18H23N5OS. The van der Waals surface area contributed by atoms with E-state index < -0.39 is 0 Å². The van der Waals surface area contributed by atoms with E-state index in [2.05, 4.69) is 60.4 Å². The van der Waals surface area contributed by atoms with Gasteiger partial charge in [0.15, 0.2) is 5.82 Å². The third-order valence-electron chi connectivity index (χ3n) is 4.00. The maximum Gasteiger partial charge on any atom is 0.234 e. The van der Waals surface area contributed by atoms with Crippen LogP contribution in [0.1, 0.15) is 62.3 Å². The lowest BCUT2D eigenvalue weighted by molar-refractivity contribution is -0.116. The second-order valence-corrected chi connectivity index (χ2v) is 7.77. The summed E-state index contributed by atoms with van der Waals surface area (Å²) in [5.41, 5.74) is 2.09. The lowest BCUT2D eigenvalue weighted by Crippen LogP contribution is -2.12. The summed E-state index contributed by atoms with van der Waals surface area (Å²) < 4.78 is 1.78. The van der Waals surface area contributed by atoms with Crippen LogP contribution in [0, 0.1) is 0 Å². The van der Waals surface area contributed by atoms with E-state index in [0.717, 1.165) is 21.5 Å². The van der Waals surface area contributed by atoms with Gasteiger partial charge in [-0.3, -0.25) is 4.79 Å². The van der Waals surface area contributed by atoms with Crippen molar-refractivity contribution in [2.75, 3.05) is 5.32 Å². The Bertz CT molecular complexity index is 863. The van der Waals surface area contributed by atoms with Crippen molar-refractivity contribution in [2.45, 2.75) is 52.4 Å². The Morgan fingerprint density at radius 2 is 1.84 bits per heavy atom. The zero-order valence-electron chi connectivity index (χ0n) is 15.0. The Morgan fingerprint density at radius 1 is 1.12 bits per heavy atom. The number of amides is 1. The van der Waals surface area contributed by atoms with Gasteiger partial charge in [-0.05, 0) is 23.6 Å². The molecule has 1 aromatic carbocycles. The molecule has 0 fully saturated rings. The summed E-state index contributed by atoms with van der Waals surface area (Å²) >= 11 is 1.49. The first kappa shape index (κ1) is 17.5. The quantitative estimate of drug-likeness (QED) is 0.723. The topological polar surface area (TPSA) is 72.2 Å². The minimum atomic E-state index is -0.00709. The highest BCUT2D eigenvalue weighted by molar-refractivity contribution is 7.16. The Kier molecular flexibility index (Phi) is 5.13. The number of rotatable bonds is 6. The van der Waals surface area contributed by atoms with Crippen LogP contribution in [-0.4, -0.2) is 25.7 Å². The van der Waals surface area contributed by atoms with Gasteiger partial charge in [-0.15, -0.1) is 10.2 Å². The average molecular weight is 357 g/mol. The van der Waals surface area contributed by atoms with E-state index in [9.17, 15) is 4.79 Å². The Morgan fingerprint density at radius 3 is 2.48 bits per heavy atom. The number of hydrogen-bond acceptors (Lipinski definition) is 5. The van der Waals surface area contributed by atoms with Crippen molar-refractivity contribution in [3.8, 4) is 0 Å². The first-order chi connectivity index (χ1) is 11.9. The van der Waals surface area contributed by atoms with Crippen molar-refractivity contribution in [3.63, 3.8) is 0 Å². The van der Waals surface area contributed by atoms with Crippen LogP contribution in [0.15, 0.2) is 24.3 Å². The van der Waals surface area contributed by atoms with E-state index in [4.69, 9.17) is 0 Å². The molecule has 6 nitrogen and oxygen atoms in total. The number of nitrogens with zero attached hydrogens (tertiary/aromatic N) is 4. The van der Waals surface area contributed by atoms with E-state index >= 15 is 0 Å². The minimum Gasteiger partial charge on any atom is -0.326 e. The van der Waals surface area contributed by atoms with Crippen LogP contribution in [0.3, 0.4) is 0 Å². The zero-order valence-corrected chi connectivity index (χ0v) is 15.8. The number of fused-ring (bicyclic) bond motifs is 1. The highest BCUT2D eigenvalue weighted by Gasteiger charge is 2.15. The summed E-state index contributed by atoms with van der Waals surface area (Å²) in [6.07, 6.45) is 0.995.